The molecular weight excluding hydrogens is 161 g/mol. The molecule has 0 rings (SSSR count). The molecule has 7 heteroatoms. The average Bonchev–Trinajstić information content (AvgIpc) is 1.65. The quantitative estimate of drug-likeness (QED) is 0.411. The third-order valence-electron chi connectivity index (χ3n) is 0.537. The van der Waals surface area contributed by atoms with Crippen LogP contribution in [0.5, 0.6) is 0 Å². The van der Waals surface area contributed by atoms with Gasteiger partial charge < -0.3 is 10.2 Å². The van der Waals surface area contributed by atoms with Crippen LogP contribution in [0.15, 0.2) is 0 Å². The van der Waals surface area contributed by atoms with Crippen LogP contribution in [0.1, 0.15) is 0 Å². The molecule has 0 amide bonds. The molecule has 0 unspecified atom stereocenters. The van der Waals surface area contributed by atoms with Crippen molar-refractivity contribution in [3.8, 4) is 0 Å². The van der Waals surface area contributed by atoms with Crippen LogP contribution in [0.3, 0.4) is 0 Å². The van der Waals surface area contributed by atoms with E-state index in [1.807, 2.05) is 0 Å². The molecule has 0 saturated carbocycles. The summed E-state index contributed by atoms with van der Waals surface area (Å²) in [5.41, 5.74) is 0. The second kappa shape index (κ2) is 3.85. The number of halogens is 2. The molecule has 0 aromatic carbocycles. The molecule has 0 fully saturated rings. The van der Waals surface area contributed by atoms with Crippen molar-refractivity contribution in [3.63, 3.8) is 0 Å². The standard InChI is InChI=1S/C3H2F2O4.Na.H/c4-3(5,1(6)7)2(8)9;;/h(H,6,7)(H,8,9);;. The normalized spacial score (nSPS) is 9.80. The number of hydrogen-bond acceptors (Lipinski definition) is 2. The van der Waals surface area contributed by atoms with Gasteiger partial charge in [-0.3, -0.25) is 0 Å². The van der Waals surface area contributed by atoms with Gasteiger partial charge >= 0.3 is 47.4 Å². The summed E-state index contributed by atoms with van der Waals surface area (Å²) in [5.74, 6) is -9.98. The third-order valence-corrected chi connectivity index (χ3v) is 0.537. The van der Waals surface area contributed by atoms with Crippen LogP contribution in [0.4, 0.5) is 8.78 Å². The minimum absolute atomic E-state index is 0. The van der Waals surface area contributed by atoms with Crippen LogP contribution < -0.4 is 0 Å². The molecule has 0 atom stereocenters. The zero-order valence-electron chi connectivity index (χ0n) is 3.97. The summed E-state index contributed by atoms with van der Waals surface area (Å²) >= 11 is 0. The fourth-order valence-corrected chi connectivity index (χ4v) is 0.0915. The summed E-state index contributed by atoms with van der Waals surface area (Å²) in [4.78, 5) is 18.7. The SMILES string of the molecule is O=C(O)C(F)(F)C(=O)O.[NaH]. The molecule has 0 heterocycles. The number of rotatable bonds is 2. The Labute approximate surface area is 76.1 Å². The maximum absolute atomic E-state index is 11.5. The topological polar surface area (TPSA) is 74.6 Å². The second-order valence-corrected chi connectivity index (χ2v) is 1.18. The van der Waals surface area contributed by atoms with E-state index >= 15 is 0 Å². The van der Waals surface area contributed by atoms with Crippen molar-refractivity contribution in [1.82, 2.24) is 0 Å². The van der Waals surface area contributed by atoms with Gasteiger partial charge in [-0.25, -0.2) is 9.59 Å². The van der Waals surface area contributed by atoms with Crippen molar-refractivity contribution in [2.24, 2.45) is 0 Å². The summed E-state index contributed by atoms with van der Waals surface area (Å²) in [5, 5.41) is 15.0. The summed E-state index contributed by atoms with van der Waals surface area (Å²) in [6, 6.07) is 0. The number of hydrogen-bond donors (Lipinski definition) is 2. The fourth-order valence-electron chi connectivity index (χ4n) is 0.0915. The number of carboxylic acids is 2. The summed E-state index contributed by atoms with van der Waals surface area (Å²) in [6.45, 7) is 0. The van der Waals surface area contributed by atoms with Crippen molar-refractivity contribution >= 4 is 41.5 Å². The van der Waals surface area contributed by atoms with Gasteiger partial charge in [0.2, 0.25) is 0 Å². The predicted molar refractivity (Wildman–Crippen MR) is 27.4 cm³/mol. The van der Waals surface area contributed by atoms with E-state index < -0.39 is 17.9 Å². The molecule has 0 bridgehead atoms. The van der Waals surface area contributed by atoms with Gasteiger partial charge in [-0.15, -0.1) is 0 Å². The monoisotopic (exact) mass is 164 g/mol. The van der Waals surface area contributed by atoms with Gasteiger partial charge in [-0.05, 0) is 0 Å². The summed E-state index contributed by atoms with van der Waals surface area (Å²) in [7, 11) is 0. The van der Waals surface area contributed by atoms with Crippen LogP contribution in [-0.4, -0.2) is 57.6 Å². The molecule has 4 nitrogen and oxygen atoms in total. The van der Waals surface area contributed by atoms with Crippen LogP contribution in [0.25, 0.3) is 0 Å². The van der Waals surface area contributed by atoms with Crippen LogP contribution in [0.2, 0.25) is 0 Å². The maximum atomic E-state index is 11.5. The fraction of sp³-hybridized carbons (Fsp3) is 0.333. The first-order valence-corrected chi connectivity index (χ1v) is 1.73. The number of aliphatic carboxylic acids is 2. The van der Waals surface area contributed by atoms with E-state index in [1.165, 1.54) is 0 Å². The van der Waals surface area contributed by atoms with Crippen molar-refractivity contribution in [1.29, 1.82) is 0 Å². The molecule has 0 aromatic rings. The van der Waals surface area contributed by atoms with Gasteiger partial charge in [-0.2, -0.15) is 8.78 Å². The Bertz CT molecular complexity index is 141. The van der Waals surface area contributed by atoms with Gasteiger partial charge in [0.1, 0.15) is 0 Å². The first kappa shape index (κ1) is 12.5. The first-order chi connectivity index (χ1) is 3.89. The predicted octanol–water partition coefficient (Wildman–Crippen LogP) is -0.858. The molecule has 10 heavy (non-hydrogen) atoms. The van der Waals surface area contributed by atoms with Gasteiger partial charge in [0, 0.05) is 0 Å². The Morgan fingerprint density at radius 3 is 1.30 bits per heavy atom. The van der Waals surface area contributed by atoms with Gasteiger partial charge in [-0.1, -0.05) is 0 Å². The van der Waals surface area contributed by atoms with Gasteiger partial charge in [0.05, 0.1) is 0 Å². The van der Waals surface area contributed by atoms with E-state index in [0.29, 0.717) is 0 Å². The van der Waals surface area contributed by atoms with E-state index in [0.717, 1.165) is 0 Å². The van der Waals surface area contributed by atoms with Gasteiger partial charge in [0.15, 0.2) is 0 Å². The molecular formula is C3H3F2NaO4. The van der Waals surface area contributed by atoms with Crippen molar-refractivity contribution < 1.29 is 28.6 Å². The van der Waals surface area contributed by atoms with Crippen LogP contribution in [-0.2, 0) is 9.59 Å². The first-order valence-electron chi connectivity index (χ1n) is 1.73. The molecule has 0 radical (unpaired) electrons. The van der Waals surface area contributed by atoms with Gasteiger partial charge in [0.25, 0.3) is 0 Å². The second-order valence-electron chi connectivity index (χ2n) is 1.18. The molecule has 54 valence electrons. The molecule has 0 aliphatic carbocycles. The van der Waals surface area contributed by atoms with Crippen molar-refractivity contribution in [2.75, 3.05) is 0 Å². The van der Waals surface area contributed by atoms with E-state index in [9.17, 15) is 18.4 Å². The Kier molecular flexibility index (Phi) is 4.80. The Hall–Kier alpha value is -0.200. The van der Waals surface area contributed by atoms with E-state index in [2.05, 4.69) is 0 Å². The molecule has 0 saturated heterocycles. The third kappa shape index (κ3) is 2.59. The molecule has 0 spiro atoms. The Balaban J connectivity index is 0. The molecule has 0 aliphatic heterocycles. The zero-order valence-corrected chi connectivity index (χ0v) is 3.97. The van der Waals surface area contributed by atoms with E-state index in [-0.39, 0.29) is 29.6 Å². The molecule has 0 aliphatic rings. The van der Waals surface area contributed by atoms with E-state index in [1.54, 1.807) is 0 Å². The van der Waals surface area contributed by atoms with Crippen molar-refractivity contribution in [2.45, 2.75) is 5.92 Å². The van der Waals surface area contributed by atoms with Crippen LogP contribution in [0, 0.1) is 0 Å². The average molecular weight is 164 g/mol. The van der Waals surface area contributed by atoms with E-state index in [4.69, 9.17) is 10.2 Å². The summed E-state index contributed by atoms with van der Waals surface area (Å²) < 4.78 is 22.9. The zero-order chi connectivity index (χ0) is 7.65. The molecule has 2 N–H and O–H groups in total. The number of alkyl halides is 2. The number of carbonyl (C=O) groups is 2. The number of carboxylic acid groups (broad SMARTS) is 2. The van der Waals surface area contributed by atoms with Crippen LogP contribution >= 0.6 is 0 Å². The minimum atomic E-state index is -4.67. The summed E-state index contributed by atoms with van der Waals surface area (Å²) in [6.07, 6.45) is 0. The van der Waals surface area contributed by atoms with Crippen molar-refractivity contribution in [3.05, 3.63) is 0 Å². The Morgan fingerprint density at radius 1 is 1.10 bits per heavy atom. The molecule has 0 aromatic heterocycles. The Morgan fingerprint density at radius 2 is 1.30 bits per heavy atom.